The van der Waals surface area contributed by atoms with Crippen molar-refractivity contribution in [1.82, 2.24) is 19.7 Å². The van der Waals surface area contributed by atoms with Crippen molar-refractivity contribution in [2.24, 2.45) is 0 Å². The molecule has 1 aromatic rings. The van der Waals surface area contributed by atoms with Crippen LogP contribution in [0.25, 0.3) is 0 Å². The number of nitrogens with zero attached hydrogens (tertiary/aromatic N) is 3. The molecule has 1 heterocycles. The Morgan fingerprint density at radius 1 is 1.50 bits per heavy atom. The largest absolute Gasteiger partial charge is 0.305 e. The van der Waals surface area contributed by atoms with Gasteiger partial charge in [-0.2, -0.15) is 5.10 Å². The quantitative estimate of drug-likeness (QED) is 0.754. The molecule has 4 nitrogen and oxygen atoms in total. The Morgan fingerprint density at radius 3 is 2.79 bits per heavy atom. The summed E-state index contributed by atoms with van der Waals surface area (Å²) in [6, 6.07) is 0. The molecule has 80 valence electrons. The zero-order valence-corrected chi connectivity index (χ0v) is 9.89. The molecule has 0 aliphatic heterocycles. The van der Waals surface area contributed by atoms with Gasteiger partial charge in [-0.15, -0.1) is 0 Å². The van der Waals surface area contributed by atoms with Gasteiger partial charge in [0.2, 0.25) is 0 Å². The molecule has 0 radical (unpaired) electrons. The van der Waals surface area contributed by atoms with Crippen LogP contribution in [-0.4, -0.2) is 39.8 Å². The SMILES string of the molecule is CCc1n[nH]c(=S)n1CCN(C)CC. The fourth-order valence-corrected chi connectivity index (χ4v) is 1.52. The van der Waals surface area contributed by atoms with Crippen LogP contribution in [0.5, 0.6) is 0 Å². The number of aryl methyl sites for hydroxylation is 1. The smallest absolute Gasteiger partial charge is 0.195 e. The molecule has 14 heavy (non-hydrogen) atoms. The van der Waals surface area contributed by atoms with Crippen LogP contribution < -0.4 is 0 Å². The number of aromatic nitrogens is 3. The van der Waals surface area contributed by atoms with Crippen molar-refractivity contribution in [2.75, 3.05) is 20.1 Å². The highest BCUT2D eigenvalue weighted by Crippen LogP contribution is 1.99. The summed E-state index contributed by atoms with van der Waals surface area (Å²) >= 11 is 5.15. The topological polar surface area (TPSA) is 36.9 Å². The summed E-state index contributed by atoms with van der Waals surface area (Å²) < 4.78 is 2.80. The Labute approximate surface area is 89.9 Å². The summed E-state index contributed by atoms with van der Waals surface area (Å²) in [7, 11) is 2.11. The van der Waals surface area contributed by atoms with E-state index < -0.39 is 0 Å². The fraction of sp³-hybridized carbons (Fsp3) is 0.778. The second-order valence-corrected chi connectivity index (χ2v) is 3.73. The summed E-state index contributed by atoms with van der Waals surface area (Å²) in [5.74, 6) is 1.04. The molecule has 0 amide bonds. The number of rotatable bonds is 5. The summed E-state index contributed by atoms with van der Waals surface area (Å²) in [6.07, 6.45) is 0.920. The third kappa shape index (κ3) is 2.65. The number of aromatic amines is 1. The van der Waals surface area contributed by atoms with Gasteiger partial charge in [0, 0.05) is 19.5 Å². The van der Waals surface area contributed by atoms with E-state index in [1.54, 1.807) is 0 Å². The number of likely N-dealkylation sites (N-methyl/N-ethyl adjacent to an activating group) is 1. The minimum absolute atomic E-state index is 0.728. The van der Waals surface area contributed by atoms with Gasteiger partial charge in [-0.1, -0.05) is 13.8 Å². The monoisotopic (exact) mass is 214 g/mol. The first-order valence-electron chi connectivity index (χ1n) is 5.01. The van der Waals surface area contributed by atoms with Crippen molar-refractivity contribution in [3.05, 3.63) is 10.6 Å². The van der Waals surface area contributed by atoms with Gasteiger partial charge in [-0.25, -0.2) is 0 Å². The first-order chi connectivity index (χ1) is 6.69. The molecule has 1 aromatic heterocycles. The third-order valence-electron chi connectivity index (χ3n) is 2.40. The summed E-state index contributed by atoms with van der Waals surface area (Å²) in [6.45, 7) is 7.23. The molecule has 0 aromatic carbocycles. The second-order valence-electron chi connectivity index (χ2n) is 3.35. The molecule has 5 heteroatoms. The van der Waals surface area contributed by atoms with Crippen molar-refractivity contribution in [1.29, 1.82) is 0 Å². The summed E-state index contributed by atoms with van der Waals surface area (Å²) in [4.78, 5) is 2.26. The Bertz CT molecular complexity index is 328. The van der Waals surface area contributed by atoms with Crippen molar-refractivity contribution in [2.45, 2.75) is 26.8 Å². The standard InChI is InChI=1S/C9H18N4S/c1-4-8-10-11-9(14)13(8)7-6-12(3)5-2/h4-7H2,1-3H3,(H,11,14). The van der Waals surface area contributed by atoms with E-state index in [1.807, 2.05) is 0 Å². The fourth-order valence-electron chi connectivity index (χ4n) is 1.28. The minimum Gasteiger partial charge on any atom is -0.305 e. The van der Waals surface area contributed by atoms with Gasteiger partial charge in [0.1, 0.15) is 5.82 Å². The molecule has 0 atom stereocenters. The number of hydrogen-bond donors (Lipinski definition) is 1. The lowest BCUT2D eigenvalue weighted by atomic mass is 10.4. The van der Waals surface area contributed by atoms with E-state index in [-0.39, 0.29) is 0 Å². The average molecular weight is 214 g/mol. The maximum absolute atomic E-state index is 5.15. The van der Waals surface area contributed by atoms with Gasteiger partial charge in [-0.05, 0) is 25.8 Å². The van der Waals surface area contributed by atoms with Gasteiger partial charge in [0.15, 0.2) is 4.77 Å². The van der Waals surface area contributed by atoms with Gasteiger partial charge >= 0.3 is 0 Å². The first-order valence-corrected chi connectivity index (χ1v) is 5.42. The molecule has 0 saturated carbocycles. The lowest BCUT2D eigenvalue weighted by Crippen LogP contribution is -2.23. The number of hydrogen-bond acceptors (Lipinski definition) is 3. The van der Waals surface area contributed by atoms with Crippen molar-refractivity contribution in [3.63, 3.8) is 0 Å². The van der Waals surface area contributed by atoms with Crippen molar-refractivity contribution < 1.29 is 0 Å². The zero-order chi connectivity index (χ0) is 10.6. The van der Waals surface area contributed by atoms with Crippen LogP contribution in [0.15, 0.2) is 0 Å². The molecule has 0 saturated heterocycles. The number of H-pyrrole nitrogens is 1. The molecule has 0 unspecified atom stereocenters. The van der Waals surface area contributed by atoms with Crippen molar-refractivity contribution >= 4 is 12.2 Å². The molecule has 0 aliphatic rings. The van der Waals surface area contributed by atoms with Crippen LogP contribution in [0, 0.1) is 4.77 Å². The molecular formula is C9H18N4S. The Morgan fingerprint density at radius 2 is 2.21 bits per heavy atom. The molecule has 0 aliphatic carbocycles. The lowest BCUT2D eigenvalue weighted by Gasteiger charge is -2.14. The minimum atomic E-state index is 0.728. The van der Waals surface area contributed by atoms with Crippen LogP contribution in [0.4, 0.5) is 0 Å². The van der Waals surface area contributed by atoms with E-state index in [0.29, 0.717) is 0 Å². The molecule has 1 rings (SSSR count). The average Bonchev–Trinajstić information content (AvgIpc) is 2.55. The van der Waals surface area contributed by atoms with Crippen LogP contribution >= 0.6 is 12.2 Å². The Balaban J connectivity index is 2.65. The van der Waals surface area contributed by atoms with E-state index in [9.17, 15) is 0 Å². The highest BCUT2D eigenvalue weighted by molar-refractivity contribution is 7.71. The van der Waals surface area contributed by atoms with Gasteiger partial charge < -0.3 is 9.47 Å². The van der Waals surface area contributed by atoms with Gasteiger partial charge in [0.05, 0.1) is 0 Å². The molecule has 0 fully saturated rings. The highest BCUT2D eigenvalue weighted by Gasteiger charge is 2.03. The normalized spacial score (nSPS) is 11.1. The predicted octanol–water partition coefficient (Wildman–Crippen LogP) is 1.45. The Hall–Kier alpha value is -0.680. The van der Waals surface area contributed by atoms with Crippen LogP contribution in [0.3, 0.4) is 0 Å². The first kappa shape index (κ1) is 11.4. The molecule has 0 spiro atoms. The third-order valence-corrected chi connectivity index (χ3v) is 2.71. The zero-order valence-electron chi connectivity index (χ0n) is 9.08. The number of nitrogens with one attached hydrogen (secondary N) is 1. The van der Waals surface area contributed by atoms with Crippen LogP contribution in [0.2, 0.25) is 0 Å². The van der Waals surface area contributed by atoms with E-state index in [4.69, 9.17) is 12.2 Å². The summed E-state index contributed by atoms with van der Waals surface area (Å²) in [5, 5.41) is 6.99. The maximum Gasteiger partial charge on any atom is 0.195 e. The van der Waals surface area contributed by atoms with Crippen LogP contribution in [0.1, 0.15) is 19.7 Å². The maximum atomic E-state index is 5.15. The molecule has 0 bridgehead atoms. The highest BCUT2D eigenvalue weighted by atomic mass is 32.1. The molecule has 1 N–H and O–H groups in total. The predicted molar refractivity (Wildman–Crippen MR) is 60.0 cm³/mol. The van der Waals surface area contributed by atoms with E-state index in [2.05, 4.69) is 40.6 Å². The van der Waals surface area contributed by atoms with E-state index in [0.717, 1.165) is 36.7 Å². The lowest BCUT2D eigenvalue weighted by molar-refractivity contribution is 0.332. The van der Waals surface area contributed by atoms with Crippen molar-refractivity contribution in [3.8, 4) is 0 Å². The molecular weight excluding hydrogens is 196 g/mol. The van der Waals surface area contributed by atoms with Crippen LogP contribution in [-0.2, 0) is 13.0 Å². The van der Waals surface area contributed by atoms with Gasteiger partial charge in [0.25, 0.3) is 0 Å². The van der Waals surface area contributed by atoms with E-state index in [1.165, 1.54) is 0 Å². The van der Waals surface area contributed by atoms with E-state index >= 15 is 0 Å². The Kier molecular flexibility index (Phi) is 4.28. The second kappa shape index (κ2) is 5.26. The van der Waals surface area contributed by atoms with Gasteiger partial charge in [-0.3, -0.25) is 5.10 Å². The summed E-state index contributed by atoms with van der Waals surface area (Å²) in [5.41, 5.74) is 0.